The summed E-state index contributed by atoms with van der Waals surface area (Å²) in [6, 6.07) is 7.27. The molecule has 27 heavy (non-hydrogen) atoms. The summed E-state index contributed by atoms with van der Waals surface area (Å²) in [6.07, 6.45) is 2.80. The van der Waals surface area contributed by atoms with Gasteiger partial charge in [0.2, 0.25) is 5.91 Å². The zero-order valence-corrected chi connectivity index (χ0v) is 16.4. The molecule has 3 rings (SSSR count). The Kier molecular flexibility index (Phi) is 6.28. The molecule has 8 heteroatoms. The highest BCUT2D eigenvalue weighted by Gasteiger charge is 2.24. The van der Waals surface area contributed by atoms with Crippen LogP contribution in [-0.4, -0.2) is 35.0 Å². The number of rotatable bonds is 6. The summed E-state index contributed by atoms with van der Waals surface area (Å²) in [5.41, 5.74) is 1.69. The molecule has 0 fully saturated rings. The predicted molar refractivity (Wildman–Crippen MR) is 106 cm³/mol. The lowest BCUT2D eigenvalue weighted by molar-refractivity contribution is -0.114. The number of nitrogens with zero attached hydrogens (tertiary/aromatic N) is 2. The molecule has 0 aliphatic carbocycles. The molecule has 144 valence electrons. The number of hydrogen-bond donors (Lipinski definition) is 2. The Morgan fingerprint density at radius 3 is 2.74 bits per heavy atom. The number of urea groups is 1. The Bertz CT molecular complexity index is 804. The molecule has 1 aromatic heterocycles. The number of nitrogens with one attached hydrogen (secondary N) is 2. The average Bonchev–Trinajstić information content (AvgIpc) is 3.03. The van der Waals surface area contributed by atoms with Crippen LogP contribution in [0.5, 0.6) is 5.75 Å². The van der Waals surface area contributed by atoms with Crippen molar-refractivity contribution in [2.75, 3.05) is 23.8 Å². The first kappa shape index (κ1) is 19.2. The highest BCUT2D eigenvalue weighted by atomic mass is 32.1. The van der Waals surface area contributed by atoms with E-state index >= 15 is 0 Å². The molecule has 7 nitrogen and oxygen atoms in total. The van der Waals surface area contributed by atoms with Crippen molar-refractivity contribution < 1.29 is 14.3 Å². The van der Waals surface area contributed by atoms with E-state index in [9.17, 15) is 9.59 Å². The maximum atomic E-state index is 12.6. The van der Waals surface area contributed by atoms with Gasteiger partial charge in [-0.05, 0) is 30.7 Å². The second kappa shape index (κ2) is 8.85. The lowest BCUT2D eigenvalue weighted by atomic mass is 10.2. The van der Waals surface area contributed by atoms with Gasteiger partial charge in [-0.15, -0.1) is 0 Å². The van der Waals surface area contributed by atoms with E-state index in [0.29, 0.717) is 31.2 Å². The molecule has 1 aliphatic heterocycles. The normalized spacial score (nSPS) is 13.0. The third-order valence-electron chi connectivity index (χ3n) is 4.17. The highest BCUT2D eigenvalue weighted by Crippen LogP contribution is 2.28. The van der Waals surface area contributed by atoms with Gasteiger partial charge in [-0.25, -0.2) is 9.78 Å². The number of anilines is 2. The topological polar surface area (TPSA) is 83.6 Å². The monoisotopic (exact) mass is 388 g/mol. The van der Waals surface area contributed by atoms with Gasteiger partial charge in [0.25, 0.3) is 0 Å². The Morgan fingerprint density at radius 1 is 1.26 bits per heavy atom. The second-order valence-corrected chi connectivity index (χ2v) is 7.48. The predicted octanol–water partition coefficient (Wildman–Crippen LogP) is 3.87. The van der Waals surface area contributed by atoms with Crippen LogP contribution in [0.2, 0.25) is 0 Å². The van der Waals surface area contributed by atoms with Crippen molar-refractivity contribution in [2.24, 2.45) is 0 Å². The molecule has 1 aromatic carbocycles. The van der Waals surface area contributed by atoms with Gasteiger partial charge in [-0.1, -0.05) is 24.7 Å². The number of ether oxygens (including phenoxy) is 1. The van der Waals surface area contributed by atoms with Gasteiger partial charge < -0.3 is 20.3 Å². The van der Waals surface area contributed by atoms with E-state index in [1.165, 1.54) is 18.3 Å². The van der Waals surface area contributed by atoms with E-state index in [2.05, 4.69) is 22.5 Å². The second-order valence-electron chi connectivity index (χ2n) is 6.40. The van der Waals surface area contributed by atoms with Crippen molar-refractivity contribution in [1.29, 1.82) is 0 Å². The Morgan fingerprint density at radius 2 is 2.04 bits per heavy atom. The van der Waals surface area contributed by atoms with Gasteiger partial charge >= 0.3 is 6.03 Å². The molecule has 0 saturated heterocycles. The van der Waals surface area contributed by atoms with Crippen LogP contribution < -0.4 is 15.4 Å². The number of carbonyl (C=O) groups excluding carboxylic acids is 2. The molecule has 2 heterocycles. The standard InChI is InChI=1S/C19H24N4O3S/c1-3-4-11-26-15-7-5-14(6-8-15)21-19(25)23-10-9-16-17(12-23)27-18(22-16)20-13(2)24/h5-8H,3-4,9-12H2,1-2H3,(H,21,25)(H,20,22,24). The van der Waals surface area contributed by atoms with Crippen molar-refractivity contribution in [3.05, 3.63) is 34.8 Å². The summed E-state index contributed by atoms with van der Waals surface area (Å²) >= 11 is 1.42. The molecule has 0 bridgehead atoms. The molecule has 2 aromatic rings. The molecule has 1 aliphatic rings. The molecule has 0 atom stereocenters. The van der Waals surface area contributed by atoms with Gasteiger partial charge in [-0.3, -0.25) is 4.79 Å². The van der Waals surface area contributed by atoms with E-state index in [1.807, 2.05) is 24.3 Å². The Balaban J connectivity index is 1.55. The first-order valence-corrected chi connectivity index (χ1v) is 9.91. The number of thiazole rings is 1. The van der Waals surface area contributed by atoms with Crippen molar-refractivity contribution in [2.45, 2.75) is 39.7 Å². The van der Waals surface area contributed by atoms with Crippen LogP contribution in [0.3, 0.4) is 0 Å². The number of hydrogen-bond acceptors (Lipinski definition) is 5. The number of aromatic nitrogens is 1. The van der Waals surface area contributed by atoms with Crippen LogP contribution in [-0.2, 0) is 17.8 Å². The molecule has 3 amide bonds. The lowest BCUT2D eigenvalue weighted by Gasteiger charge is -2.26. The molecule has 0 spiro atoms. The third kappa shape index (κ3) is 5.19. The minimum absolute atomic E-state index is 0.141. The van der Waals surface area contributed by atoms with Crippen LogP contribution in [0.4, 0.5) is 15.6 Å². The molecular formula is C19H24N4O3S. The van der Waals surface area contributed by atoms with Crippen molar-refractivity contribution in [3.8, 4) is 5.75 Å². The van der Waals surface area contributed by atoms with Crippen molar-refractivity contribution in [3.63, 3.8) is 0 Å². The van der Waals surface area contributed by atoms with Crippen LogP contribution in [0.25, 0.3) is 0 Å². The van der Waals surface area contributed by atoms with Gasteiger partial charge in [-0.2, -0.15) is 0 Å². The number of amides is 3. The summed E-state index contributed by atoms with van der Waals surface area (Å²) in [5.74, 6) is 0.664. The van der Waals surface area contributed by atoms with Gasteiger partial charge in [0.1, 0.15) is 5.75 Å². The quantitative estimate of drug-likeness (QED) is 0.736. The summed E-state index contributed by atoms with van der Waals surface area (Å²) in [5, 5.41) is 6.22. The van der Waals surface area contributed by atoms with Crippen LogP contribution in [0, 0.1) is 0 Å². The fraction of sp³-hybridized carbons (Fsp3) is 0.421. The van der Waals surface area contributed by atoms with Crippen molar-refractivity contribution in [1.82, 2.24) is 9.88 Å². The van der Waals surface area contributed by atoms with Gasteiger partial charge in [0.15, 0.2) is 5.13 Å². The summed E-state index contributed by atoms with van der Waals surface area (Å²) in [6.45, 7) is 5.38. The highest BCUT2D eigenvalue weighted by molar-refractivity contribution is 7.15. The molecule has 2 N–H and O–H groups in total. The third-order valence-corrected chi connectivity index (χ3v) is 5.17. The minimum atomic E-state index is -0.144. The van der Waals surface area contributed by atoms with E-state index in [4.69, 9.17) is 4.74 Å². The maximum absolute atomic E-state index is 12.6. The largest absolute Gasteiger partial charge is 0.494 e. The van der Waals surface area contributed by atoms with Gasteiger partial charge in [0, 0.05) is 30.5 Å². The van der Waals surface area contributed by atoms with Crippen molar-refractivity contribution >= 4 is 34.1 Å². The summed E-state index contributed by atoms with van der Waals surface area (Å²) in [7, 11) is 0. The summed E-state index contributed by atoms with van der Waals surface area (Å²) in [4.78, 5) is 30.9. The van der Waals surface area contributed by atoms with Crippen LogP contribution >= 0.6 is 11.3 Å². The number of fused-ring (bicyclic) bond motifs is 1. The molecular weight excluding hydrogens is 364 g/mol. The number of benzene rings is 1. The average molecular weight is 388 g/mol. The number of carbonyl (C=O) groups is 2. The first-order valence-electron chi connectivity index (χ1n) is 9.10. The molecule has 0 unspecified atom stereocenters. The van der Waals surface area contributed by atoms with Crippen LogP contribution in [0.1, 0.15) is 37.3 Å². The minimum Gasteiger partial charge on any atom is -0.494 e. The first-order chi connectivity index (χ1) is 13.0. The maximum Gasteiger partial charge on any atom is 0.322 e. The summed E-state index contributed by atoms with van der Waals surface area (Å²) < 4.78 is 5.63. The van der Waals surface area contributed by atoms with Crippen LogP contribution in [0.15, 0.2) is 24.3 Å². The smallest absolute Gasteiger partial charge is 0.322 e. The number of unbranched alkanes of at least 4 members (excludes halogenated alkanes) is 1. The fourth-order valence-corrected chi connectivity index (χ4v) is 3.81. The Hall–Kier alpha value is -2.61. The SMILES string of the molecule is CCCCOc1ccc(NC(=O)N2CCc3nc(NC(C)=O)sc3C2)cc1. The molecule has 0 saturated carbocycles. The van der Waals surface area contributed by atoms with E-state index in [1.54, 1.807) is 4.90 Å². The molecule has 0 radical (unpaired) electrons. The zero-order valence-electron chi connectivity index (χ0n) is 15.6. The van der Waals surface area contributed by atoms with E-state index in [-0.39, 0.29) is 11.9 Å². The van der Waals surface area contributed by atoms with E-state index in [0.717, 1.165) is 34.8 Å². The fourth-order valence-electron chi connectivity index (χ4n) is 2.74. The van der Waals surface area contributed by atoms with E-state index < -0.39 is 0 Å². The lowest BCUT2D eigenvalue weighted by Crippen LogP contribution is -2.38. The zero-order chi connectivity index (χ0) is 19.2. The Labute approximate surface area is 162 Å². The van der Waals surface area contributed by atoms with Gasteiger partial charge in [0.05, 0.1) is 18.8 Å².